The highest BCUT2D eigenvalue weighted by Crippen LogP contribution is 2.54. The Bertz CT molecular complexity index is 455. The van der Waals surface area contributed by atoms with Crippen LogP contribution in [0.4, 0.5) is 24.5 Å². The van der Waals surface area contributed by atoms with Crippen LogP contribution in [0.15, 0.2) is 18.2 Å². The predicted molar refractivity (Wildman–Crippen MR) is 59.7 cm³/mol. The first-order valence-corrected chi connectivity index (χ1v) is 5.61. The average Bonchev–Trinajstić information content (AvgIpc) is 2.94. The Morgan fingerprint density at radius 3 is 2.29 bits per heavy atom. The number of nitrogens with zero attached hydrogens (tertiary/aromatic N) is 1. The number of hydrogen-bond donors (Lipinski definition) is 1. The van der Waals surface area contributed by atoms with Crippen LogP contribution >= 0.6 is 0 Å². The summed E-state index contributed by atoms with van der Waals surface area (Å²) in [4.78, 5) is 2.06. The topological polar surface area (TPSA) is 29.3 Å². The molecule has 3 rings (SSSR count). The molecule has 1 aliphatic carbocycles. The zero-order valence-electron chi connectivity index (χ0n) is 9.22. The third-order valence-corrected chi connectivity index (χ3v) is 3.71. The van der Waals surface area contributed by atoms with Crippen LogP contribution in [0, 0.1) is 5.41 Å². The lowest BCUT2D eigenvalue weighted by Gasteiger charge is -2.42. The molecule has 1 spiro atoms. The van der Waals surface area contributed by atoms with E-state index in [0.29, 0.717) is 5.41 Å². The lowest BCUT2D eigenvalue weighted by atomic mass is 9.95. The number of hydrogen-bond acceptors (Lipinski definition) is 2. The van der Waals surface area contributed by atoms with Crippen LogP contribution in [-0.4, -0.2) is 13.1 Å². The molecule has 92 valence electrons. The molecule has 0 unspecified atom stereocenters. The summed E-state index contributed by atoms with van der Waals surface area (Å²) in [6.45, 7) is 1.87. The molecule has 0 atom stereocenters. The first kappa shape index (κ1) is 10.7. The van der Waals surface area contributed by atoms with Crippen molar-refractivity contribution >= 4 is 11.4 Å². The third-order valence-electron chi connectivity index (χ3n) is 3.71. The van der Waals surface area contributed by atoms with Crippen molar-refractivity contribution in [3.63, 3.8) is 0 Å². The Hall–Kier alpha value is -1.39. The average molecular weight is 242 g/mol. The van der Waals surface area contributed by atoms with Gasteiger partial charge in [-0.3, -0.25) is 0 Å². The van der Waals surface area contributed by atoms with Gasteiger partial charge in [0.25, 0.3) is 0 Å². The van der Waals surface area contributed by atoms with E-state index in [-0.39, 0.29) is 5.69 Å². The molecular formula is C12H13F3N2. The van der Waals surface area contributed by atoms with Crippen molar-refractivity contribution in [2.75, 3.05) is 23.7 Å². The summed E-state index contributed by atoms with van der Waals surface area (Å²) in [6, 6.07) is 3.60. The molecule has 1 aromatic carbocycles. The Balaban J connectivity index is 1.82. The van der Waals surface area contributed by atoms with Crippen molar-refractivity contribution in [3.8, 4) is 0 Å². The van der Waals surface area contributed by atoms with Crippen LogP contribution in [0.1, 0.15) is 18.4 Å². The molecule has 1 aliphatic heterocycles. The molecule has 0 bridgehead atoms. The number of nitrogens with two attached hydrogens (primary N) is 1. The quantitative estimate of drug-likeness (QED) is 0.767. The highest BCUT2D eigenvalue weighted by molar-refractivity contribution is 5.70. The van der Waals surface area contributed by atoms with Gasteiger partial charge in [0.05, 0.1) is 16.9 Å². The second-order valence-corrected chi connectivity index (χ2v) is 5.13. The van der Waals surface area contributed by atoms with Crippen molar-refractivity contribution in [2.45, 2.75) is 19.0 Å². The Morgan fingerprint density at radius 1 is 1.18 bits per heavy atom. The highest BCUT2D eigenvalue weighted by Gasteiger charge is 2.52. The fraction of sp³-hybridized carbons (Fsp3) is 0.500. The predicted octanol–water partition coefficient (Wildman–Crippen LogP) is 2.89. The Kier molecular flexibility index (Phi) is 1.95. The molecule has 0 radical (unpaired) electrons. The first-order valence-electron chi connectivity index (χ1n) is 5.61. The molecule has 2 nitrogen and oxygen atoms in total. The maximum absolute atomic E-state index is 12.5. The van der Waals surface area contributed by atoms with Crippen molar-refractivity contribution < 1.29 is 13.2 Å². The monoisotopic (exact) mass is 242 g/mol. The van der Waals surface area contributed by atoms with E-state index in [2.05, 4.69) is 4.90 Å². The van der Waals surface area contributed by atoms with Gasteiger partial charge in [0.2, 0.25) is 0 Å². The molecule has 1 aromatic rings. The molecule has 0 amide bonds. The van der Waals surface area contributed by atoms with Crippen LogP contribution in [-0.2, 0) is 6.18 Å². The number of benzene rings is 1. The Morgan fingerprint density at radius 2 is 1.82 bits per heavy atom. The van der Waals surface area contributed by atoms with Gasteiger partial charge < -0.3 is 10.6 Å². The van der Waals surface area contributed by atoms with Crippen LogP contribution in [0.2, 0.25) is 0 Å². The molecule has 17 heavy (non-hydrogen) atoms. The zero-order valence-corrected chi connectivity index (χ0v) is 9.22. The zero-order chi connectivity index (χ0) is 12.3. The van der Waals surface area contributed by atoms with Gasteiger partial charge >= 0.3 is 6.18 Å². The summed E-state index contributed by atoms with van der Waals surface area (Å²) < 4.78 is 37.4. The number of halogens is 3. The molecule has 2 fully saturated rings. The van der Waals surface area contributed by atoms with Gasteiger partial charge in [0.1, 0.15) is 0 Å². The van der Waals surface area contributed by atoms with Crippen molar-refractivity contribution in [1.29, 1.82) is 0 Å². The van der Waals surface area contributed by atoms with Crippen LogP contribution in [0.25, 0.3) is 0 Å². The number of anilines is 2. The number of nitrogen functional groups attached to an aromatic ring is 1. The fourth-order valence-corrected chi connectivity index (χ4v) is 2.45. The highest BCUT2D eigenvalue weighted by atomic mass is 19.4. The number of rotatable bonds is 1. The van der Waals surface area contributed by atoms with Gasteiger partial charge in [-0.2, -0.15) is 13.2 Å². The summed E-state index contributed by atoms with van der Waals surface area (Å²) in [6.07, 6.45) is -1.84. The summed E-state index contributed by atoms with van der Waals surface area (Å²) >= 11 is 0. The molecule has 2 aliphatic rings. The molecular weight excluding hydrogens is 229 g/mol. The van der Waals surface area contributed by atoms with E-state index in [4.69, 9.17) is 5.73 Å². The fourth-order valence-electron chi connectivity index (χ4n) is 2.45. The lowest BCUT2D eigenvalue weighted by Crippen LogP contribution is -2.48. The SMILES string of the molecule is Nc1cc(C(F)(F)F)ccc1N1CC2(CC2)C1. The van der Waals surface area contributed by atoms with Gasteiger partial charge in [-0.1, -0.05) is 0 Å². The van der Waals surface area contributed by atoms with E-state index in [1.807, 2.05) is 0 Å². The second kappa shape index (κ2) is 3.09. The van der Waals surface area contributed by atoms with Crippen LogP contribution in [0.3, 0.4) is 0 Å². The van der Waals surface area contributed by atoms with E-state index in [1.165, 1.54) is 18.9 Å². The van der Waals surface area contributed by atoms with Crippen molar-refractivity contribution in [1.82, 2.24) is 0 Å². The second-order valence-electron chi connectivity index (χ2n) is 5.13. The normalized spacial score (nSPS) is 21.5. The van der Waals surface area contributed by atoms with Crippen LogP contribution < -0.4 is 10.6 Å². The minimum atomic E-state index is -4.32. The number of alkyl halides is 3. The molecule has 2 N–H and O–H groups in total. The largest absolute Gasteiger partial charge is 0.416 e. The van der Waals surface area contributed by atoms with Gasteiger partial charge in [-0.25, -0.2) is 0 Å². The summed E-state index contributed by atoms with van der Waals surface area (Å²) in [5.41, 5.74) is 6.43. The summed E-state index contributed by atoms with van der Waals surface area (Å²) in [5.74, 6) is 0. The molecule has 1 heterocycles. The maximum atomic E-state index is 12.5. The van der Waals surface area contributed by atoms with Crippen molar-refractivity contribution in [3.05, 3.63) is 23.8 Å². The van der Waals surface area contributed by atoms with E-state index < -0.39 is 11.7 Å². The summed E-state index contributed by atoms with van der Waals surface area (Å²) in [7, 11) is 0. The van der Waals surface area contributed by atoms with Crippen LogP contribution in [0.5, 0.6) is 0 Å². The lowest BCUT2D eigenvalue weighted by molar-refractivity contribution is -0.137. The van der Waals surface area contributed by atoms with E-state index in [9.17, 15) is 13.2 Å². The minimum Gasteiger partial charge on any atom is -0.397 e. The molecule has 1 saturated heterocycles. The minimum absolute atomic E-state index is 0.218. The molecule has 1 saturated carbocycles. The molecule has 0 aromatic heterocycles. The third kappa shape index (κ3) is 1.73. The molecule has 5 heteroatoms. The first-order chi connectivity index (χ1) is 7.90. The van der Waals surface area contributed by atoms with E-state index in [1.54, 1.807) is 0 Å². The van der Waals surface area contributed by atoms with E-state index >= 15 is 0 Å². The maximum Gasteiger partial charge on any atom is 0.416 e. The summed E-state index contributed by atoms with van der Waals surface area (Å²) in [5, 5.41) is 0. The van der Waals surface area contributed by atoms with Gasteiger partial charge in [0.15, 0.2) is 0 Å². The van der Waals surface area contributed by atoms with Gasteiger partial charge in [-0.05, 0) is 31.0 Å². The standard InChI is InChI=1S/C12H13F3N2/c13-12(14,15)8-1-2-10(9(16)5-8)17-6-11(7-17)3-4-11/h1-2,5H,3-4,6-7,16H2. The Labute approximate surface area is 97.2 Å². The van der Waals surface area contributed by atoms with E-state index in [0.717, 1.165) is 30.9 Å². The van der Waals surface area contributed by atoms with Gasteiger partial charge in [0, 0.05) is 18.5 Å². The van der Waals surface area contributed by atoms with Gasteiger partial charge in [-0.15, -0.1) is 0 Å². The smallest absolute Gasteiger partial charge is 0.397 e. The van der Waals surface area contributed by atoms with Crippen molar-refractivity contribution in [2.24, 2.45) is 5.41 Å².